The first-order valence-electron chi connectivity index (χ1n) is 11.2. The molecule has 0 spiro atoms. The van der Waals surface area contributed by atoms with E-state index in [1.165, 1.54) is 0 Å². The van der Waals surface area contributed by atoms with Gasteiger partial charge in [-0.15, -0.1) is 0 Å². The molecule has 0 aliphatic heterocycles. The van der Waals surface area contributed by atoms with Gasteiger partial charge in [0.05, 0.1) is 43.3 Å². The average molecular weight is 549 g/mol. The number of benzene rings is 2. The molecular formula is C24H22Cl2N4O7. The maximum Gasteiger partial charge on any atom is 0.366 e. The lowest BCUT2D eigenvalue weighted by Gasteiger charge is -2.39. The first kappa shape index (κ1) is 26.5. The number of carbonyl (C=O) groups excluding carboxylic acids is 2. The van der Waals surface area contributed by atoms with Crippen LogP contribution in [0.4, 0.5) is 17.1 Å². The number of amides is 1. The fourth-order valence-electron chi connectivity index (χ4n) is 5.43. The summed E-state index contributed by atoms with van der Waals surface area (Å²) in [5.74, 6) is -1.36. The number of carbonyl (C=O) groups is 2. The molecule has 2 unspecified atom stereocenters. The van der Waals surface area contributed by atoms with Gasteiger partial charge in [0.15, 0.2) is 0 Å². The van der Waals surface area contributed by atoms with Crippen molar-refractivity contribution in [2.24, 2.45) is 21.4 Å². The number of oxime groups is 1. The number of non-ortho nitro benzene ring substituents is 2. The minimum Gasteiger partial charge on any atom is -0.324 e. The standard InChI is InChI=1S/C24H22Cl2N4O7/c1-22(2)23(3)6-7-24(22,21(32)27-18-10-14(25)4-5-17(18)26)12-19(23)28-37-20(31)13-8-15(29(33)34)11-16(9-13)30(35)36/h4-5,8-11H,6-7,12H2,1-3H3,(H,27,32)/b28-19+. The molecule has 194 valence electrons. The van der Waals surface area contributed by atoms with Crippen molar-refractivity contribution in [3.63, 3.8) is 0 Å². The summed E-state index contributed by atoms with van der Waals surface area (Å²) in [4.78, 5) is 52.0. The zero-order valence-corrected chi connectivity index (χ0v) is 21.6. The van der Waals surface area contributed by atoms with Gasteiger partial charge in [0.25, 0.3) is 11.4 Å². The Kier molecular flexibility index (Phi) is 6.49. The Balaban J connectivity index is 1.62. The van der Waals surface area contributed by atoms with Crippen LogP contribution in [0.2, 0.25) is 10.0 Å². The van der Waals surface area contributed by atoms with Crippen molar-refractivity contribution in [1.82, 2.24) is 0 Å². The molecule has 2 aromatic carbocycles. The number of halogens is 2. The number of hydrogen-bond donors (Lipinski definition) is 1. The van der Waals surface area contributed by atoms with Crippen LogP contribution in [0.1, 0.15) is 50.4 Å². The summed E-state index contributed by atoms with van der Waals surface area (Å²) in [6.45, 7) is 5.84. The molecule has 0 radical (unpaired) electrons. The van der Waals surface area contributed by atoms with E-state index >= 15 is 0 Å². The molecule has 2 atom stereocenters. The molecule has 11 nitrogen and oxygen atoms in total. The SMILES string of the molecule is CC12CCC(C(=O)Nc3cc(Cl)ccc3Cl)(C/C1=N\OC(=O)c1cc([N+](=O)[O-])cc([N+](=O)[O-])c1)C2(C)C. The molecule has 0 aromatic heterocycles. The summed E-state index contributed by atoms with van der Waals surface area (Å²) >= 11 is 12.3. The fraction of sp³-hybridized carbons (Fsp3) is 0.375. The van der Waals surface area contributed by atoms with Gasteiger partial charge in [-0.05, 0) is 36.5 Å². The van der Waals surface area contributed by atoms with E-state index < -0.39 is 43.4 Å². The van der Waals surface area contributed by atoms with Crippen LogP contribution in [0.15, 0.2) is 41.6 Å². The van der Waals surface area contributed by atoms with Crippen LogP contribution >= 0.6 is 23.2 Å². The highest BCUT2D eigenvalue weighted by atomic mass is 35.5. The molecule has 0 heterocycles. The summed E-state index contributed by atoms with van der Waals surface area (Å²) in [6.07, 6.45) is 1.35. The Hall–Kier alpha value is -3.57. The van der Waals surface area contributed by atoms with E-state index in [1.807, 2.05) is 20.8 Å². The molecule has 1 N–H and O–H groups in total. The highest BCUT2D eigenvalue weighted by Crippen LogP contribution is 2.71. The third-order valence-corrected chi connectivity index (χ3v) is 8.71. The average Bonchev–Trinajstić information content (AvgIpc) is 3.15. The molecule has 1 amide bonds. The first-order chi connectivity index (χ1) is 17.2. The molecule has 2 aliphatic rings. The van der Waals surface area contributed by atoms with Crippen LogP contribution in [-0.4, -0.2) is 27.4 Å². The molecule has 0 saturated heterocycles. The molecule has 2 aliphatic carbocycles. The Morgan fingerprint density at radius 2 is 1.62 bits per heavy atom. The monoisotopic (exact) mass is 548 g/mol. The number of fused-ring (bicyclic) bond motifs is 2. The predicted octanol–water partition coefficient (Wildman–Crippen LogP) is 6.18. The minimum atomic E-state index is -1.09. The Labute approximate surface area is 221 Å². The van der Waals surface area contributed by atoms with Gasteiger partial charge in [-0.2, -0.15) is 0 Å². The smallest absolute Gasteiger partial charge is 0.324 e. The zero-order chi connectivity index (χ0) is 27.3. The largest absolute Gasteiger partial charge is 0.366 e. The first-order valence-corrected chi connectivity index (χ1v) is 12.0. The van der Waals surface area contributed by atoms with Crippen molar-refractivity contribution in [2.75, 3.05) is 5.32 Å². The van der Waals surface area contributed by atoms with Crippen LogP contribution in [0.3, 0.4) is 0 Å². The molecule has 2 bridgehead atoms. The van der Waals surface area contributed by atoms with Gasteiger partial charge in [0.1, 0.15) is 0 Å². The van der Waals surface area contributed by atoms with E-state index in [1.54, 1.807) is 18.2 Å². The Morgan fingerprint density at radius 3 is 2.22 bits per heavy atom. The molecule has 2 fully saturated rings. The topological polar surface area (TPSA) is 154 Å². The van der Waals surface area contributed by atoms with Crippen molar-refractivity contribution in [3.8, 4) is 0 Å². The molecular weight excluding hydrogens is 527 g/mol. The lowest BCUT2D eigenvalue weighted by Crippen LogP contribution is -2.43. The quantitative estimate of drug-likeness (QED) is 0.256. The van der Waals surface area contributed by atoms with Crippen LogP contribution in [0, 0.1) is 36.5 Å². The van der Waals surface area contributed by atoms with Gasteiger partial charge in [0, 0.05) is 29.0 Å². The number of nitrogens with zero attached hydrogens (tertiary/aromatic N) is 3. The van der Waals surface area contributed by atoms with Gasteiger partial charge < -0.3 is 10.2 Å². The number of nitro benzene ring substituents is 2. The van der Waals surface area contributed by atoms with E-state index in [4.69, 9.17) is 28.0 Å². The maximum absolute atomic E-state index is 13.6. The van der Waals surface area contributed by atoms with Gasteiger partial charge in [-0.25, -0.2) is 4.79 Å². The number of rotatable bonds is 6. The van der Waals surface area contributed by atoms with Crippen molar-refractivity contribution >= 4 is 57.9 Å². The van der Waals surface area contributed by atoms with Gasteiger partial charge >= 0.3 is 5.97 Å². The van der Waals surface area contributed by atoms with E-state index in [9.17, 15) is 29.8 Å². The van der Waals surface area contributed by atoms with Gasteiger partial charge in [-0.1, -0.05) is 49.1 Å². The van der Waals surface area contributed by atoms with Gasteiger partial charge in [0.2, 0.25) is 5.91 Å². The Morgan fingerprint density at radius 1 is 1.00 bits per heavy atom. The third-order valence-electron chi connectivity index (χ3n) is 8.14. The highest BCUT2D eigenvalue weighted by Gasteiger charge is 2.71. The summed E-state index contributed by atoms with van der Waals surface area (Å²) in [7, 11) is 0. The predicted molar refractivity (Wildman–Crippen MR) is 136 cm³/mol. The summed E-state index contributed by atoms with van der Waals surface area (Å²) in [6, 6.07) is 7.26. The molecule has 13 heteroatoms. The normalized spacial score (nSPS) is 24.6. The fourth-order valence-corrected chi connectivity index (χ4v) is 5.77. The van der Waals surface area contributed by atoms with Crippen LogP contribution in [-0.2, 0) is 9.63 Å². The summed E-state index contributed by atoms with van der Waals surface area (Å²) in [5, 5.41) is 30.0. The van der Waals surface area contributed by atoms with Crippen molar-refractivity contribution < 1.29 is 24.3 Å². The van der Waals surface area contributed by atoms with E-state index in [0.29, 0.717) is 34.3 Å². The molecule has 4 rings (SSSR count). The number of anilines is 1. The summed E-state index contributed by atoms with van der Waals surface area (Å²) < 4.78 is 0. The molecule has 2 aromatic rings. The third kappa shape index (κ3) is 4.21. The lowest BCUT2D eigenvalue weighted by molar-refractivity contribution is -0.394. The van der Waals surface area contributed by atoms with Crippen molar-refractivity contribution in [2.45, 2.75) is 40.0 Å². The van der Waals surface area contributed by atoms with E-state index in [2.05, 4.69) is 10.5 Å². The maximum atomic E-state index is 13.6. The molecule has 37 heavy (non-hydrogen) atoms. The number of nitrogens with one attached hydrogen (secondary N) is 1. The number of nitro groups is 2. The molecule has 2 saturated carbocycles. The second-order valence-corrected chi connectivity index (χ2v) is 10.8. The van der Waals surface area contributed by atoms with E-state index in [0.717, 1.165) is 18.2 Å². The van der Waals surface area contributed by atoms with Crippen molar-refractivity contribution in [1.29, 1.82) is 0 Å². The number of hydrogen-bond acceptors (Lipinski definition) is 8. The Bertz CT molecular complexity index is 1360. The van der Waals surface area contributed by atoms with E-state index in [-0.39, 0.29) is 17.9 Å². The van der Waals surface area contributed by atoms with Crippen molar-refractivity contribution in [3.05, 3.63) is 72.2 Å². The summed E-state index contributed by atoms with van der Waals surface area (Å²) in [5.41, 5.74) is -2.87. The minimum absolute atomic E-state index is 0.197. The second kappa shape index (κ2) is 9.07. The highest BCUT2D eigenvalue weighted by molar-refractivity contribution is 6.35. The van der Waals surface area contributed by atoms with Crippen LogP contribution in [0.5, 0.6) is 0 Å². The second-order valence-electron chi connectivity index (χ2n) is 9.96. The zero-order valence-electron chi connectivity index (χ0n) is 20.0. The van der Waals surface area contributed by atoms with Crippen LogP contribution in [0.25, 0.3) is 0 Å². The lowest BCUT2D eigenvalue weighted by atomic mass is 9.64. The van der Waals surface area contributed by atoms with Gasteiger partial charge in [-0.3, -0.25) is 25.0 Å². The van der Waals surface area contributed by atoms with Crippen LogP contribution < -0.4 is 5.32 Å².